The van der Waals surface area contributed by atoms with Gasteiger partial charge in [-0.05, 0) is 85.4 Å². The molecule has 288 valence electrons. The number of hydrogen-bond acceptors (Lipinski definition) is 9. The van der Waals surface area contributed by atoms with E-state index in [1.54, 1.807) is 43.3 Å². The number of halogens is 2. The summed E-state index contributed by atoms with van der Waals surface area (Å²) in [7, 11) is 3.37. The molecule has 4 aromatic rings. The van der Waals surface area contributed by atoms with Gasteiger partial charge in [-0.1, -0.05) is 11.6 Å². The molecular weight excluding hydrogens is 725 g/mol. The second-order valence-electron chi connectivity index (χ2n) is 15.3. The predicted molar refractivity (Wildman–Crippen MR) is 209 cm³/mol. The number of nitrogens with one attached hydrogen (secondary N) is 2. The number of piperazine rings is 1. The monoisotopic (exact) mass is 769 g/mol. The van der Waals surface area contributed by atoms with E-state index in [2.05, 4.69) is 20.5 Å². The second kappa shape index (κ2) is 15.3. The number of ether oxygens (including phenoxy) is 1. The standard InChI is InChI=1S/C41H45ClFN7O5/c1-47-22-31(29-9-12-44-19-30(29)41(47)54)25-16-33(42)32(37(17-25)55-2)23-50-27-4-5-28(50)21-49(20-27)39(52)15-24-10-13-48(14-11-24)36-7-3-26(18-34(36)43)45-35-6-8-38(51)46-40(35)53/h3,7,9,12,16-19,22,24,27-28,35,45H,4-6,8,10-11,13-15,20-21,23H2,1-2H3,(H,46,51,53). The Hall–Kier alpha value is -5.01. The van der Waals surface area contributed by atoms with E-state index in [4.69, 9.17) is 16.3 Å². The van der Waals surface area contributed by atoms with Crippen molar-refractivity contribution in [3.05, 3.63) is 81.7 Å². The first kappa shape index (κ1) is 36.9. The van der Waals surface area contributed by atoms with E-state index in [0.717, 1.165) is 47.8 Å². The highest BCUT2D eigenvalue weighted by Gasteiger charge is 2.42. The molecule has 2 bridgehead atoms. The fourth-order valence-electron chi connectivity index (χ4n) is 8.92. The summed E-state index contributed by atoms with van der Waals surface area (Å²) in [6.45, 7) is 3.28. The highest BCUT2D eigenvalue weighted by Crippen LogP contribution is 2.40. The molecule has 8 rings (SSSR count). The van der Waals surface area contributed by atoms with Gasteiger partial charge in [0.25, 0.3) is 5.56 Å². The molecule has 4 aliphatic heterocycles. The third-order valence-corrected chi connectivity index (χ3v) is 12.3. The molecule has 4 fully saturated rings. The SMILES string of the molecule is COc1cc(-c2cn(C)c(=O)c3cnccc23)cc(Cl)c1CN1C2CCC1CN(C(=O)CC1CCN(c3ccc(NC4CCC(=O)NC4=O)cc3F)CC1)C2. The average molecular weight is 770 g/mol. The van der Waals surface area contributed by atoms with E-state index in [9.17, 15) is 19.2 Å². The summed E-state index contributed by atoms with van der Waals surface area (Å²) in [4.78, 5) is 60.7. The molecule has 12 nitrogen and oxygen atoms in total. The molecule has 6 heterocycles. The number of anilines is 2. The Morgan fingerprint density at radius 2 is 1.78 bits per heavy atom. The number of pyridine rings is 2. The second-order valence-corrected chi connectivity index (χ2v) is 15.7. The zero-order valence-electron chi connectivity index (χ0n) is 31.0. The summed E-state index contributed by atoms with van der Waals surface area (Å²) in [5.41, 5.74) is 3.52. The van der Waals surface area contributed by atoms with Crippen LogP contribution in [0, 0.1) is 11.7 Å². The van der Waals surface area contributed by atoms with Gasteiger partial charge >= 0.3 is 0 Å². The predicted octanol–water partition coefficient (Wildman–Crippen LogP) is 5.10. The van der Waals surface area contributed by atoms with Gasteiger partial charge in [-0.25, -0.2) is 4.39 Å². The van der Waals surface area contributed by atoms with Crippen molar-refractivity contribution in [3.8, 4) is 16.9 Å². The van der Waals surface area contributed by atoms with Gasteiger partial charge in [0, 0.05) is 105 Å². The number of carbonyl (C=O) groups excluding carboxylic acids is 3. The van der Waals surface area contributed by atoms with E-state index >= 15 is 4.39 Å². The van der Waals surface area contributed by atoms with Gasteiger partial charge in [0.05, 0.1) is 18.2 Å². The van der Waals surface area contributed by atoms with Crippen molar-refractivity contribution in [1.82, 2.24) is 24.7 Å². The zero-order chi connectivity index (χ0) is 38.4. The van der Waals surface area contributed by atoms with Gasteiger partial charge in [0.1, 0.15) is 17.6 Å². The molecule has 0 spiro atoms. The number of piperidine rings is 2. The molecule has 4 saturated heterocycles. The minimum absolute atomic E-state index is 0.112. The fraction of sp³-hybridized carbons (Fsp3) is 0.439. The zero-order valence-corrected chi connectivity index (χ0v) is 31.8. The third kappa shape index (κ3) is 7.39. The summed E-state index contributed by atoms with van der Waals surface area (Å²) < 4.78 is 22.7. The highest BCUT2D eigenvalue weighted by molar-refractivity contribution is 6.32. The summed E-state index contributed by atoms with van der Waals surface area (Å²) in [6.07, 6.45) is 9.82. The van der Waals surface area contributed by atoms with Crippen molar-refractivity contribution in [3.63, 3.8) is 0 Å². The molecule has 0 radical (unpaired) electrons. The van der Waals surface area contributed by atoms with Crippen LogP contribution >= 0.6 is 11.6 Å². The van der Waals surface area contributed by atoms with E-state index in [1.165, 1.54) is 6.07 Å². The lowest BCUT2D eigenvalue weighted by atomic mass is 9.92. The van der Waals surface area contributed by atoms with E-state index < -0.39 is 11.9 Å². The minimum Gasteiger partial charge on any atom is -0.496 e. The lowest BCUT2D eigenvalue weighted by molar-refractivity contribution is -0.136. The minimum atomic E-state index is -0.575. The molecule has 4 aliphatic rings. The largest absolute Gasteiger partial charge is 0.496 e. The number of benzene rings is 2. The summed E-state index contributed by atoms with van der Waals surface area (Å²) in [6, 6.07) is 10.5. The number of aryl methyl sites for hydroxylation is 1. The van der Waals surface area contributed by atoms with Gasteiger partial charge < -0.3 is 24.4 Å². The number of imide groups is 1. The van der Waals surface area contributed by atoms with Crippen LogP contribution in [-0.2, 0) is 28.0 Å². The first-order chi connectivity index (χ1) is 26.6. The van der Waals surface area contributed by atoms with Gasteiger partial charge in [0.2, 0.25) is 17.7 Å². The molecule has 2 aromatic heterocycles. The van der Waals surface area contributed by atoms with Crippen molar-refractivity contribution in [2.75, 3.05) is 43.5 Å². The van der Waals surface area contributed by atoms with Crippen molar-refractivity contribution in [2.24, 2.45) is 13.0 Å². The molecule has 2 aromatic carbocycles. The first-order valence-electron chi connectivity index (χ1n) is 19.0. The van der Waals surface area contributed by atoms with Crippen LogP contribution in [-0.4, -0.2) is 88.5 Å². The number of methoxy groups -OCH3 is 1. The molecular formula is C41H45ClFN7O5. The number of rotatable bonds is 9. The Bertz CT molecular complexity index is 2210. The van der Waals surface area contributed by atoms with Gasteiger partial charge in [0.15, 0.2) is 0 Å². The normalized spacial score (nSPS) is 21.9. The lowest BCUT2D eigenvalue weighted by Crippen LogP contribution is -2.55. The molecule has 3 unspecified atom stereocenters. The maximum absolute atomic E-state index is 15.2. The Morgan fingerprint density at radius 1 is 1.02 bits per heavy atom. The van der Waals surface area contributed by atoms with Crippen molar-refractivity contribution < 1.29 is 23.5 Å². The number of amides is 3. The molecule has 2 N–H and O–H groups in total. The van der Waals surface area contributed by atoms with Crippen LogP contribution in [0.5, 0.6) is 5.75 Å². The summed E-state index contributed by atoms with van der Waals surface area (Å²) in [5, 5.41) is 7.29. The smallest absolute Gasteiger partial charge is 0.259 e. The Balaban J connectivity index is 0.868. The Kier molecular flexibility index (Phi) is 10.2. The van der Waals surface area contributed by atoms with Crippen LogP contribution in [0.3, 0.4) is 0 Å². The van der Waals surface area contributed by atoms with Crippen LogP contribution in [0.2, 0.25) is 5.02 Å². The molecule has 0 aliphatic carbocycles. The first-order valence-corrected chi connectivity index (χ1v) is 19.4. The molecule has 14 heteroatoms. The number of nitrogens with zero attached hydrogens (tertiary/aromatic N) is 5. The van der Waals surface area contributed by atoms with Crippen molar-refractivity contribution in [1.29, 1.82) is 0 Å². The maximum atomic E-state index is 15.2. The summed E-state index contributed by atoms with van der Waals surface area (Å²) >= 11 is 7.02. The summed E-state index contributed by atoms with van der Waals surface area (Å²) in [5.74, 6) is 0.0440. The van der Waals surface area contributed by atoms with Crippen LogP contribution in [0.15, 0.2) is 59.8 Å². The van der Waals surface area contributed by atoms with Gasteiger partial charge in [-0.3, -0.25) is 34.4 Å². The van der Waals surface area contributed by atoms with E-state index in [-0.39, 0.29) is 47.6 Å². The quantitative estimate of drug-likeness (QED) is 0.224. The van der Waals surface area contributed by atoms with Crippen molar-refractivity contribution >= 4 is 51.5 Å². The number of carbonyl (C=O) groups is 3. The van der Waals surface area contributed by atoms with Crippen molar-refractivity contribution in [2.45, 2.75) is 69.6 Å². The Morgan fingerprint density at radius 3 is 2.49 bits per heavy atom. The topological polar surface area (TPSA) is 129 Å². The van der Waals surface area contributed by atoms with Crippen LogP contribution in [0.25, 0.3) is 21.9 Å². The number of likely N-dealkylation sites (tertiary alicyclic amines) is 1. The number of hydrogen-bond donors (Lipinski definition) is 2. The van der Waals surface area contributed by atoms with Crippen LogP contribution in [0.4, 0.5) is 15.8 Å². The number of aromatic nitrogens is 2. The average Bonchev–Trinajstić information content (AvgIpc) is 3.39. The molecule has 3 amide bonds. The number of fused-ring (bicyclic) bond motifs is 3. The molecule has 0 saturated carbocycles. The van der Waals surface area contributed by atoms with Gasteiger partial charge in [-0.2, -0.15) is 0 Å². The van der Waals surface area contributed by atoms with Crippen LogP contribution < -0.4 is 25.8 Å². The lowest BCUT2D eigenvalue weighted by Gasteiger charge is -2.42. The fourth-order valence-corrected chi connectivity index (χ4v) is 9.19. The van der Waals surface area contributed by atoms with E-state index in [1.807, 2.05) is 34.2 Å². The Labute approximate surface area is 323 Å². The molecule has 3 atom stereocenters. The van der Waals surface area contributed by atoms with Gasteiger partial charge in [-0.15, -0.1) is 0 Å². The maximum Gasteiger partial charge on any atom is 0.259 e. The third-order valence-electron chi connectivity index (χ3n) is 11.9. The molecule has 55 heavy (non-hydrogen) atoms. The van der Waals surface area contributed by atoms with Crippen LogP contribution in [0.1, 0.15) is 50.5 Å². The van der Waals surface area contributed by atoms with E-state index in [0.29, 0.717) is 73.1 Å². The highest BCUT2D eigenvalue weighted by atomic mass is 35.5.